The summed E-state index contributed by atoms with van der Waals surface area (Å²) in [7, 11) is 0. The fourth-order valence-electron chi connectivity index (χ4n) is 8.11. The summed E-state index contributed by atoms with van der Waals surface area (Å²) in [5.74, 6) is 0.999. The van der Waals surface area contributed by atoms with Crippen molar-refractivity contribution < 1.29 is 5.11 Å². The Labute approximate surface area is 366 Å². The third-order valence-electron chi connectivity index (χ3n) is 12.1. The maximum absolute atomic E-state index is 12.6. The largest absolute Gasteiger partial charge is 0.507 e. The molecule has 0 saturated carbocycles. The molecule has 0 saturated heterocycles. The number of nitrogens with zero attached hydrogens (tertiary/aromatic N) is 3. The van der Waals surface area contributed by atoms with Gasteiger partial charge in [-0.3, -0.25) is 9.55 Å². The SMILES string of the molecule is Cc1ccnc(-c2cc(-c3ccccc3)cc(-c3cc(C(C)(C)C)cc4c3nc(-c3cc(C(C)(C)C)cc(C(C)(C)C)c3O)n4-c3cc(C(C)(C)C)cc(C(C)(C)C)c3)c2)c1. The quantitative estimate of drug-likeness (QED) is 0.188. The van der Waals surface area contributed by atoms with Gasteiger partial charge in [-0.1, -0.05) is 146 Å². The van der Waals surface area contributed by atoms with Gasteiger partial charge in [0.1, 0.15) is 11.6 Å². The topological polar surface area (TPSA) is 50.9 Å². The van der Waals surface area contributed by atoms with E-state index in [-0.39, 0.29) is 32.8 Å². The van der Waals surface area contributed by atoms with Crippen molar-refractivity contribution in [3.63, 3.8) is 0 Å². The maximum Gasteiger partial charge on any atom is 0.149 e. The smallest absolute Gasteiger partial charge is 0.149 e. The van der Waals surface area contributed by atoms with Crippen molar-refractivity contribution in [2.75, 3.05) is 0 Å². The van der Waals surface area contributed by atoms with Crippen LogP contribution >= 0.6 is 0 Å². The van der Waals surface area contributed by atoms with Crippen molar-refractivity contribution in [1.29, 1.82) is 0 Å². The molecule has 61 heavy (non-hydrogen) atoms. The fraction of sp³-hybridized carbons (Fsp3) is 0.368. The van der Waals surface area contributed by atoms with Gasteiger partial charge in [-0.2, -0.15) is 0 Å². The van der Waals surface area contributed by atoms with E-state index in [1.165, 1.54) is 16.7 Å². The first-order valence-electron chi connectivity index (χ1n) is 22.0. The van der Waals surface area contributed by atoms with Crippen molar-refractivity contribution in [2.24, 2.45) is 0 Å². The molecule has 2 heterocycles. The molecule has 1 N–H and O–H groups in total. The lowest BCUT2D eigenvalue weighted by atomic mass is 9.78. The molecule has 0 atom stereocenters. The first kappa shape index (κ1) is 43.6. The van der Waals surface area contributed by atoms with Crippen LogP contribution in [0.2, 0.25) is 0 Å². The van der Waals surface area contributed by atoms with Crippen LogP contribution in [0.4, 0.5) is 0 Å². The minimum Gasteiger partial charge on any atom is -0.507 e. The average molecular weight is 810 g/mol. The van der Waals surface area contributed by atoms with Crippen LogP contribution in [0.15, 0.2) is 109 Å². The Balaban J connectivity index is 1.70. The number of aromatic hydroxyl groups is 1. The molecule has 0 fully saturated rings. The number of pyridine rings is 1. The van der Waals surface area contributed by atoms with Crippen LogP contribution in [0.5, 0.6) is 5.75 Å². The summed E-state index contributed by atoms with van der Waals surface area (Å²) < 4.78 is 2.34. The number of aromatic nitrogens is 3. The lowest BCUT2D eigenvalue weighted by Crippen LogP contribution is -2.18. The summed E-state index contributed by atoms with van der Waals surface area (Å²) in [4.78, 5) is 10.6. The summed E-state index contributed by atoms with van der Waals surface area (Å²) in [5, 5.41) is 12.6. The number of aryl methyl sites for hydroxylation is 1. The van der Waals surface area contributed by atoms with Gasteiger partial charge in [0.15, 0.2) is 0 Å². The van der Waals surface area contributed by atoms with Gasteiger partial charge < -0.3 is 5.11 Å². The van der Waals surface area contributed by atoms with Crippen LogP contribution in [0.1, 0.15) is 137 Å². The lowest BCUT2D eigenvalue weighted by Gasteiger charge is -2.28. The van der Waals surface area contributed by atoms with Gasteiger partial charge in [-0.25, -0.2) is 4.98 Å². The second-order valence-corrected chi connectivity index (χ2v) is 22.5. The van der Waals surface area contributed by atoms with E-state index >= 15 is 0 Å². The Bertz CT molecular complexity index is 2730. The Kier molecular flexibility index (Phi) is 10.8. The molecule has 0 aliphatic rings. The Morgan fingerprint density at radius 3 is 1.56 bits per heavy atom. The molecule has 0 aliphatic carbocycles. The van der Waals surface area contributed by atoms with Crippen molar-refractivity contribution in [1.82, 2.24) is 14.5 Å². The van der Waals surface area contributed by atoms with E-state index in [0.29, 0.717) is 0 Å². The zero-order valence-corrected chi connectivity index (χ0v) is 39.7. The van der Waals surface area contributed by atoms with Crippen LogP contribution in [-0.4, -0.2) is 19.6 Å². The fourth-order valence-corrected chi connectivity index (χ4v) is 8.11. The summed E-state index contributed by atoms with van der Waals surface area (Å²) in [6, 6.07) is 37.8. The number of fused-ring (bicyclic) bond motifs is 1. The third-order valence-corrected chi connectivity index (χ3v) is 12.1. The van der Waals surface area contributed by atoms with Crippen LogP contribution in [0.25, 0.3) is 61.6 Å². The van der Waals surface area contributed by atoms with Crippen LogP contribution in [-0.2, 0) is 27.1 Å². The van der Waals surface area contributed by atoms with E-state index in [2.05, 4.69) is 212 Å². The minimum atomic E-state index is -0.314. The highest BCUT2D eigenvalue weighted by Crippen LogP contribution is 2.46. The molecule has 0 unspecified atom stereocenters. The molecular formula is C57H67N3O. The lowest BCUT2D eigenvalue weighted by molar-refractivity contribution is 0.446. The molecule has 0 radical (unpaired) electrons. The maximum atomic E-state index is 12.6. The van der Waals surface area contributed by atoms with Gasteiger partial charge in [0, 0.05) is 28.6 Å². The van der Waals surface area contributed by atoms with Crippen LogP contribution < -0.4 is 0 Å². The molecule has 0 spiro atoms. The number of imidazole rings is 1. The van der Waals surface area contributed by atoms with Crippen molar-refractivity contribution in [3.05, 3.63) is 143 Å². The van der Waals surface area contributed by atoms with E-state index in [4.69, 9.17) is 9.97 Å². The Morgan fingerprint density at radius 1 is 0.475 bits per heavy atom. The highest BCUT2D eigenvalue weighted by molar-refractivity contribution is 5.98. The van der Waals surface area contributed by atoms with Crippen LogP contribution in [0, 0.1) is 6.92 Å². The van der Waals surface area contributed by atoms with E-state index in [1.807, 2.05) is 12.3 Å². The molecule has 7 aromatic rings. The zero-order valence-electron chi connectivity index (χ0n) is 39.7. The molecule has 4 nitrogen and oxygen atoms in total. The third kappa shape index (κ3) is 8.83. The Hall–Kier alpha value is -5.48. The molecule has 316 valence electrons. The second kappa shape index (κ2) is 15.2. The number of benzene rings is 5. The zero-order chi connectivity index (χ0) is 44.6. The van der Waals surface area contributed by atoms with Crippen molar-refractivity contribution in [2.45, 2.75) is 138 Å². The van der Waals surface area contributed by atoms with Gasteiger partial charge in [0.05, 0.1) is 22.3 Å². The molecule has 5 aromatic carbocycles. The van der Waals surface area contributed by atoms with E-state index in [1.54, 1.807) is 0 Å². The highest BCUT2D eigenvalue weighted by atomic mass is 16.3. The summed E-state index contributed by atoms with van der Waals surface area (Å²) >= 11 is 0. The van der Waals surface area contributed by atoms with Crippen molar-refractivity contribution in [3.8, 4) is 56.3 Å². The minimum absolute atomic E-state index is 0.111. The van der Waals surface area contributed by atoms with Gasteiger partial charge in [0.25, 0.3) is 0 Å². The van der Waals surface area contributed by atoms with E-state index in [9.17, 15) is 5.11 Å². The van der Waals surface area contributed by atoms with Crippen LogP contribution in [0.3, 0.4) is 0 Å². The summed E-state index contributed by atoms with van der Waals surface area (Å²) in [6.07, 6.45) is 1.90. The summed E-state index contributed by atoms with van der Waals surface area (Å²) in [6.45, 7) is 36.0. The number of phenols is 1. The van der Waals surface area contributed by atoms with Crippen molar-refractivity contribution >= 4 is 11.0 Å². The number of hydrogen-bond donors (Lipinski definition) is 1. The average Bonchev–Trinajstić information content (AvgIpc) is 3.55. The van der Waals surface area contributed by atoms with Gasteiger partial charge in [-0.15, -0.1) is 0 Å². The van der Waals surface area contributed by atoms with Gasteiger partial charge in [-0.05, 0) is 139 Å². The first-order valence-corrected chi connectivity index (χ1v) is 22.0. The van der Waals surface area contributed by atoms with Gasteiger partial charge in [0.2, 0.25) is 0 Å². The molecule has 0 amide bonds. The summed E-state index contributed by atoms with van der Waals surface area (Å²) in [5.41, 5.74) is 16.0. The molecular weight excluding hydrogens is 743 g/mol. The molecule has 2 aromatic heterocycles. The Morgan fingerprint density at radius 2 is 1.00 bits per heavy atom. The first-order chi connectivity index (χ1) is 28.2. The van der Waals surface area contributed by atoms with E-state index < -0.39 is 0 Å². The van der Waals surface area contributed by atoms with E-state index in [0.717, 1.165) is 78.3 Å². The number of phenolic OH excluding ortho intramolecular Hbond substituents is 1. The second-order valence-electron chi connectivity index (χ2n) is 22.5. The molecule has 0 aliphatic heterocycles. The molecule has 4 heteroatoms. The normalized spacial score (nSPS) is 13.0. The highest BCUT2D eigenvalue weighted by Gasteiger charge is 2.31. The number of hydrogen-bond acceptors (Lipinski definition) is 3. The number of rotatable bonds is 5. The monoisotopic (exact) mass is 810 g/mol. The molecule has 7 rings (SSSR count). The predicted molar refractivity (Wildman–Crippen MR) is 261 cm³/mol. The molecule has 0 bridgehead atoms. The predicted octanol–water partition coefficient (Wildman–Crippen LogP) is 15.6. The van der Waals surface area contributed by atoms with Gasteiger partial charge >= 0.3 is 0 Å². The standard InChI is InChI=1S/C57H67N3O/c1-35-22-23-58-48(24-35)39-26-37(36-20-18-17-19-21-36)25-38(27-39)45-31-43(56(11,12)13)34-49-50(45)59-52(46-32-42(55(8,9)10)33-47(51(46)61)57(14,15)16)60(49)44-29-40(53(2,3)4)28-41(30-44)54(5,6)7/h17-34,61H,1-16H3.